The van der Waals surface area contributed by atoms with Gasteiger partial charge in [0.2, 0.25) is 0 Å². The first-order valence-corrected chi connectivity index (χ1v) is 5.43. The Morgan fingerprint density at radius 1 is 1.47 bits per heavy atom. The van der Waals surface area contributed by atoms with Gasteiger partial charge >= 0.3 is 0 Å². The zero-order chi connectivity index (χ0) is 10.7. The quantitative estimate of drug-likeness (QED) is 0.830. The largest absolute Gasteiger partial charge is 0.389 e. The van der Waals surface area contributed by atoms with Gasteiger partial charge in [0.25, 0.3) is 0 Å². The van der Waals surface area contributed by atoms with Gasteiger partial charge in [0.05, 0.1) is 18.4 Å². The Morgan fingerprint density at radius 3 is 3.00 bits per heavy atom. The molecule has 0 radical (unpaired) electrons. The molecule has 5 heteroatoms. The molecule has 0 aliphatic heterocycles. The number of pyridine rings is 1. The highest BCUT2D eigenvalue weighted by molar-refractivity contribution is 7.19. The molecule has 0 saturated carbocycles. The topological polar surface area (TPSA) is 63.8 Å². The van der Waals surface area contributed by atoms with E-state index in [1.165, 1.54) is 11.3 Å². The van der Waals surface area contributed by atoms with Gasteiger partial charge in [-0.2, -0.15) is 0 Å². The molecule has 0 aromatic carbocycles. The Labute approximate surface area is 92.2 Å². The van der Waals surface area contributed by atoms with Crippen molar-refractivity contribution in [3.05, 3.63) is 35.8 Å². The molecule has 0 saturated heterocycles. The van der Waals surface area contributed by atoms with Crippen LogP contribution in [0.1, 0.15) is 11.4 Å². The van der Waals surface area contributed by atoms with E-state index in [1.54, 1.807) is 6.20 Å². The Morgan fingerprint density at radius 2 is 2.33 bits per heavy atom. The first kappa shape index (κ1) is 9.92. The third kappa shape index (κ3) is 2.66. The summed E-state index contributed by atoms with van der Waals surface area (Å²) in [6.45, 7) is 2.65. The molecule has 2 aromatic rings. The first-order chi connectivity index (χ1) is 7.24. The standard InChI is InChI=1S/C10H12N4S/c1-7-3-2-4-8(14-7)5-12-10-13-6-9(11)15-10/h2-4,6H,5,11H2,1H3,(H,12,13). The third-order valence-corrected chi connectivity index (χ3v) is 2.67. The van der Waals surface area contributed by atoms with Gasteiger partial charge in [-0.3, -0.25) is 4.98 Å². The van der Waals surface area contributed by atoms with E-state index in [0.717, 1.165) is 21.5 Å². The summed E-state index contributed by atoms with van der Waals surface area (Å²) in [7, 11) is 0. The molecular formula is C10H12N4S. The normalized spacial score (nSPS) is 10.2. The van der Waals surface area contributed by atoms with E-state index in [-0.39, 0.29) is 0 Å². The summed E-state index contributed by atoms with van der Waals surface area (Å²) in [5.74, 6) is 0. The van der Waals surface area contributed by atoms with Gasteiger partial charge in [0.1, 0.15) is 5.00 Å². The van der Waals surface area contributed by atoms with Crippen LogP contribution in [0.4, 0.5) is 10.1 Å². The van der Waals surface area contributed by atoms with E-state index >= 15 is 0 Å². The molecule has 0 unspecified atom stereocenters. The van der Waals surface area contributed by atoms with Crippen molar-refractivity contribution in [2.24, 2.45) is 0 Å². The summed E-state index contributed by atoms with van der Waals surface area (Å²) >= 11 is 1.44. The molecule has 0 aliphatic carbocycles. The number of anilines is 2. The predicted molar refractivity (Wildman–Crippen MR) is 62.8 cm³/mol. The lowest BCUT2D eigenvalue weighted by Gasteiger charge is -2.02. The number of hydrogen-bond donors (Lipinski definition) is 2. The maximum Gasteiger partial charge on any atom is 0.184 e. The minimum Gasteiger partial charge on any atom is -0.389 e. The van der Waals surface area contributed by atoms with E-state index < -0.39 is 0 Å². The second kappa shape index (κ2) is 4.27. The van der Waals surface area contributed by atoms with E-state index in [4.69, 9.17) is 5.73 Å². The molecule has 2 heterocycles. The molecule has 0 amide bonds. The van der Waals surface area contributed by atoms with Crippen LogP contribution in [-0.4, -0.2) is 9.97 Å². The molecule has 0 bridgehead atoms. The van der Waals surface area contributed by atoms with Crippen molar-refractivity contribution in [2.75, 3.05) is 11.1 Å². The lowest BCUT2D eigenvalue weighted by molar-refractivity contribution is 1.01. The summed E-state index contributed by atoms with van der Waals surface area (Å²) in [6, 6.07) is 5.96. The summed E-state index contributed by atoms with van der Waals surface area (Å²) in [5, 5.41) is 4.72. The summed E-state index contributed by atoms with van der Waals surface area (Å²) in [6.07, 6.45) is 1.65. The molecule has 4 nitrogen and oxygen atoms in total. The lowest BCUT2D eigenvalue weighted by atomic mass is 10.3. The fraction of sp³-hybridized carbons (Fsp3) is 0.200. The number of nitrogens with two attached hydrogens (primary N) is 1. The molecule has 0 atom stereocenters. The van der Waals surface area contributed by atoms with Gasteiger partial charge in [-0.25, -0.2) is 4.98 Å². The van der Waals surface area contributed by atoms with Gasteiger partial charge in [-0.1, -0.05) is 17.4 Å². The maximum atomic E-state index is 5.57. The molecule has 2 aromatic heterocycles. The van der Waals surface area contributed by atoms with Crippen LogP contribution in [-0.2, 0) is 6.54 Å². The first-order valence-electron chi connectivity index (χ1n) is 4.62. The van der Waals surface area contributed by atoms with Gasteiger partial charge < -0.3 is 11.1 Å². The van der Waals surface area contributed by atoms with Crippen molar-refractivity contribution in [3.63, 3.8) is 0 Å². The highest BCUT2D eigenvalue weighted by atomic mass is 32.1. The molecule has 2 rings (SSSR count). The zero-order valence-electron chi connectivity index (χ0n) is 8.40. The van der Waals surface area contributed by atoms with Crippen molar-refractivity contribution in [1.29, 1.82) is 0 Å². The number of thiazole rings is 1. The van der Waals surface area contributed by atoms with Gasteiger partial charge in [-0.05, 0) is 19.1 Å². The Bertz CT molecular complexity index is 452. The van der Waals surface area contributed by atoms with Crippen molar-refractivity contribution in [1.82, 2.24) is 9.97 Å². The second-order valence-electron chi connectivity index (χ2n) is 3.19. The van der Waals surface area contributed by atoms with E-state index in [0.29, 0.717) is 6.54 Å². The van der Waals surface area contributed by atoms with E-state index in [9.17, 15) is 0 Å². The highest BCUT2D eigenvalue weighted by Crippen LogP contribution is 2.19. The number of nitrogens with zero attached hydrogens (tertiary/aromatic N) is 2. The fourth-order valence-corrected chi connectivity index (χ4v) is 1.81. The smallest absolute Gasteiger partial charge is 0.184 e. The van der Waals surface area contributed by atoms with Crippen molar-refractivity contribution in [2.45, 2.75) is 13.5 Å². The van der Waals surface area contributed by atoms with Crippen molar-refractivity contribution >= 4 is 21.5 Å². The summed E-state index contributed by atoms with van der Waals surface area (Å²) in [5.41, 5.74) is 7.60. The van der Waals surface area contributed by atoms with Gasteiger partial charge in [0, 0.05) is 5.69 Å². The third-order valence-electron chi connectivity index (χ3n) is 1.89. The molecule has 0 spiro atoms. The number of rotatable bonds is 3. The fourth-order valence-electron chi connectivity index (χ4n) is 1.23. The summed E-state index contributed by atoms with van der Waals surface area (Å²) in [4.78, 5) is 8.49. The van der Waals surface area contributed by atoms with E-state index in [1.807, 2.05) is 25.1 Å². The lowest BCUT2D eigenvalue weighted by Crippen LogP contribution is -2.01. The SMILES string of the molecule is Cc1cccc(CNc2ncc(N)s2)n1. The predicted octanol–water partition coefficient (Wildman–Crippen LogP) is 2.04. The average molecular weight is 220 g/mol. The highest BCUT2D eigenvalue weighted by Gasteiger charge is 1.99. The van der Waals surface area contributed by atoms with Gasteiger partial charge in [-0.15, -0.1) is 0 Å². The van der Waals surface area contributed by atoms with Crippen LogP contribution in [0.3, 0.4) is 0 Å². The Balaban J connectivity index is 1.99. The van der Waals surface area contributed by atoms with Crippen LogP contribution >= 0.6 is 11.3 Å². The number of nitrogen functional groups attached to an aromatic ring is 1. The van der Waals surface area contributed by atoms with Crippen LogP contribution in [0.25, 0.3) is 0 Å². The Kier molecular flexibility index (Phi) is 2.82. The molecule has 0 fully saturated rings. The minimum atomic E-state index is 0.675. The van der Waals surface area contributed by atoms with E-state index in [2.05, 4.69) is 15.3 Å². The number of aryl methyl sites for hydroxylation is 1. The number of nitrogens with one attached hydrogen (secondary N) is 1. The molecule has 15 heavy (non-hydrogen) atoms. The van der Waals surface area contributed by atoms with Crippen LogP contribution in [0.2, 0.25) is 0 Å². The molecular weight excluding hydrogens is 208 g/mol. The van der Waals surface area contributed by atoms with Crippen LogP contribution in [0, 0.1) is 6.92 Å². The minimum absolute atomic E-state index is 0.675. The van der Waals surface area contributed by atoms with Crippen LogP contribution in [0.15, 0.2) is 24.4 Å². The number of aromatic nitrogens is 2. The number of hydrogen-bond acceptors (Lipinski definition) is 5. The van der Waals surface area contributed by atoms with Crippen LogP contribution < -0.4 is 11.1 Å². The molecule has 78 valence electrons. The Hall–Kier alpha value is -1.62. The van der Waals surface area contributed by atoms with Gasteiger partial charge in [0.15, 0.2) is 5.13 Å². The maximum absolute atomic E-state index is 5.57. The zero-order valence-corrected chi connectivity index (χ0v) is 9.21. The van der Waals surface area contributed by atoms with Crippen LogP contribution in [0.5, 0.6) is 0 Å². The second-order valence-corrected chi connectivity index (χ2v) is 4.25. The van der Waals surface area contributed by atoms with Crippen molar-refractivity contribution in [3.8, 4) is 0 Å². The van der Waals surface area contributed by atoms with Crippen molar-refractivity contribution < 1.29 is 0 Å². The molecule has 0 aliphatic rings. The molecule has 3 N–H and O–H groups in total. The monoisotopic (exact) mass is 220 g/mol. The average Bonchev–Trinajstić information content (AvgIpc) is 2.62. The summed E-state index contributed by atoms with van der Waals surface area (Å²) < 4.78 is 0.